The number of hydrazine groups is 1. The van der Waals surface area contributed by atoms with Gasteiger partial charge in [0.25, 0.3) is 0 Å². The Morgan fingerprint density at radius 2 is 0.982 bits per heavy atom. The first-order chi connectivity index (χ1) is 25.8. The molecule has 0 aliphatic heterocycles. The molecule has 8 atom stereocenters. The molecule has 0 aromatic carbocycles. The van der Waals surface area contributed by atoms with Gasteiger partial charge in [-0.25, -0.2) is 10.9 Å². The predicted molar refractivity (Wildman–Crippen MR) is 213 cm³/mol. The summed E-state index contributed by atoms with van der Waals surface area (Å²) in [5.74, 6) is -7.20. The molecule has 0 aliphatic carbocycles. The lowest BCUT2D eigenvalue weighted by atomic mass is 9.91. The number of carboxylic acids is 1. The van der Waals surface area contributed by atoms with Crippen molar-refractivity contribution in [3.05, 3.63) is 0 Å². The minimum absolute atomic E-state index is 0.0886. The molecule has 0 heterocycles. The predicted octanol–water partition coefficient (Wildman–Crippen LogP) is 0.940. The molecule has 17 heteroatoms. The highest BCUT2D eigenvalue weighted by molar-refractivity contribution is 6.41. The van der Waals surface area contributed by atoms with Crippen molar-refractivity contribution in [3.8, 4) is 0 Å². The molecule has 5 amide bonds. The van der Waals surface area contributed by atoms with Crippen LogP contribution in [-0.2, 0) is 38.4 Å². The number of amides is 5. The van der Waals surface area contributed by atoms with Gasteiger partial charge in [0.1, 0.15) is 24.2 Å². The number of carboxylic acid groups (broad SMARTS) is 1. The van der Waals surface area contributed by atoms with Crippen molar-refractivity contribution in [2.24, 2.45) is 41.2 Å². The van der Waals surface area contributed by atoms with Gasteiger partial charge in [0, 0.05) is 0 Å². The van der Waals surface area contributed by atoms with Gasteiger partial charge in [-0.1, -0.05) is 89.5 Å². The number of hydrogen-bond acceptors (Lipinski definition) is 11. The SMILES string of the molecule is CC[C@H](C)[C@H](NN[C@H](C(=O)O)C(C)C)C(=O)N[C@H](C)C(=O)N[C@H](C(=O)N[C@@H](CC(C)C)C(=O)C(=O)[C@H](CC(C)C)NC(=O)CNC(=O)[C@@H](N)CC(C)C)C(C)C. The van der Waals surface area contributed by atoms with Gasteiger partial charge in [0.05, 0.1) is 24.7 Å². The Balaban J connectivity index is 5.94. The molecule has 0 bridgehead atoms. The van der Waals surface area contributed by atoms with Crippen LogP contribution >= 0.6 is 0 Å². The number of rotatable bonds is 27. The van der Waals surface area contributed by atoms with E-state index in [0.717, 1.165) is 0 Å². The zero-order valence-electron chi connectivity index (χ0n) is 35.8. The van der Waals surface area contributed by atoms with Gasteiger partial charge in [-0.15, -0.1) is 0 Å². The van der Waals surface area contributed by atoms with E-state index in [2.05, 4.69) is 37.4 Å². The van der Waals surface area contributed by atoms with E-state index in [-0.39, 0.29) is 42.4 Å². The summed E-state index contributed by atoms with van der Waals surface area (Å²) in [4.78, 5) is 105. The van der Waals surface area contributed by atoms with Crippen molar-refractivity contribution in [1.29, 1.82) is 0 Å². The summed E-state index contributed by atoms with van der Waals surface area (Å²) in [5.41, 5.74) is 11.4. The van der Waals surface area contributed by atoms with Crippen LogP contribution in [0.15, 0.2) is 0 Å². The van der Waals surface area contributed by atoms with Crippen LogP contribution in [0.4, 0.5) is 0 Å². The highest BCUT2D eigenvalue weighted by Gasteiger charge is 2.37. The fourth-order valence-electron chi connectivity index (χ4n) is 5.75. The lowest BCUT2D eigenvalue weighted by Gasteiger charge is -2.29. The topological polar surface area (TPSA) is 267 Å². The summed E-state index contributed by atoms with van der Waals surface area (Å²) in [6.45, 7) is 22.5. The molecule has 0 aliphatic rings. The molecule has 0 unspecified atom stereocenters. The molecule has 17 nitrogen and oxygen atoms in total. The third-order valence-electron chi connectivity index (χ3n) is 9.25. The smallest absolute Gasteiger partial charge is 0.322 e. The molecule has 0 saturated carbocycles. The number of ketones is 2. The maximum absolute atomic E-state index is 13.8. The number of nitrogens with two attached hydrogens (primary N) is 1. The number of hydrogen-bond donors (Lipinski definition) is 9. The zero-order chi connectivity index (χ0) is 43.6. The van der Waals surface area contributed by atoms with Crippen molar-refractivity contribution in [1.82, 2.24) is 37.4 Å². The highest BCUT2D eigenvalue weighted by atomic mass is 16.4. The van der Waals surface area contributed by atoms with E-state index in [1.165, 1.54) is 6.92 Å². The van der Waals surface area contributed by atoms with Gasteiger partial charge in [-0.05, 0) is 61.7 Å². The molecule has 56 heavy (non-hydrogen) atoms. The van der Waals surface area contributed by atoms with Crippen LogP contribution in [0.25, 0.3) is 0 Å². The van der Waals surface area contributed by atoms with Gasteiger partial charge in [0.15, 0.2) is 0 Å². The van der Waals surface area contributed by atoms with Crippen LogP contribution in [0, 0.1) is 35.5 Å². The summed E-state index contributed by atoms with van der Waals surface area (Å²) >= 11 is 0. The summed E-state index contributed by atoms with van der Waals surface area (Å²) in [7, 11) is 0. The van der Waals surface area contributed by atoms with E-state index in [1.54, 1.807) is 34.6 Å². The Bertz CT molecular complexity index is 1340. The zero-order valence-corrected chi connectivity index (χ0v) is 35.8. The molecule has 0 rings (SSSR count). The second-order valence-corrected chi connectivity index (χ2v) is 16.8. The van der Waals surface area contributed by atoms with E-state index in [4.69, 9.17) is 5.73 Å². The molecule has 0 fully saturated rings. The fourth-order valence-corrected chi connectivity index (χ4v) is 5.75. The Hall–Kier alpha value is -3.96. The summed E-state index contributed by atoms with van der Waals surface area (Å²) < 4.78 is 0. The number of aliphatic carboxylic acids is 1. The van der Waals surface area contributed by atoms with Gasteiger partial charge in [-0.3, -0.25) is 38.4 Å². The third-order valence-corrected chi connectivity index (χ3v) is 9.25. The normalized spacial score (nSPS) is 16.0. The second kappa shape index (κ2) is 25.3. The summed E-state index contributed by atoms with van der Waals surface area (Å²) in [6, 6.07) is -7.45. The van der Waals surface area contributed by atoms with Crippen LogP contribution in [0.1, 0.15) is 116 Å². The quantitative estimate of drug-likeness (QED) is 0.0416. The van der Waals surface area contributed by atoms with E-state index < -0.39 is 102 Å². The van der Waals surface area contributed by atoms with Crippen molar-refractivity contribution in [2.75, 3.05) is 6.54 Å². The van der Waals surface area contributed by atoms with E-state index >= 15 is 0 Å². The first-order valence-electron chi connectivity index (χ1n) is 19.9. The van der Waals surface area contributed by atoms with E-state index in [1.807, 2.05) is 48.5 Å². The summed E-state index contributed by atoms with van der Waals surface area (Å²) in [5, 5.41) is 22.5. The Morgan fingerprint density at radius 1 is 0.536 bits per heavy atom. The highest BCUT2D eigenvalue weighted by Crippen LogP contribution is 2.14. The average molecular weight is 797 g/mol. The number of carbonyl (C=O) groups excluding carboxylic acids is 7. The third kappa shape index (κ3) is 18.8. The van der Waals surface area contributed by atoms with Crippen LogP contribution in [0.3, 0.4) is 0 Å². The van der Waals surface area contributed by atoms with Crippen molar-refractivity contribution in [2.45, 2.75) is 158 Å². The Morgan fingerprint density at radius 3 is 1.41 bits per heavy atom. The van der Waals surface area contributed by atoms with Crippen LogP contribution in [-0.4, -0.2) is 101 Å². The molecule has 0 radical (unpaired) electrons. The standard InChI is InChI=1S/C39H72N8O9/c1-14-24(12)32(47-46-31(23(10)11)39(55)56)38(54)42-25(13)35(51)45-30(22(8)9)37(53)44-28(17-21(6)7)34(50)33(49)27(16-20(4)5)43-29(48)18-41-36(52)26(40)15-19(2)3/h19-28,30-32,46-47H,14-18,40H2,1-13H3,(H,41,52)(H,42,54)(H,43,48)(H,44,53)(H,45,51)(H,55,56)/t24-,25+,26-,27-,28-,30-,31-,32-/m0/s1. The van der Waals surface area contributed by atoms with Crippen LogP contribution in [0.2, 0.25) is 0 Å². The monoisotopic (exact) mass is 797 g/mol. The molecular formula is C39H72N8O9. The number of carbonyl (C=O) groups is 8. The van der Waals surface area contributed by atoms with Gasteiger partial charge >= 0.3 is 5.97 Å². The number of Topliss-reactive ketones (excluding diaryl/α,β-unsaturated/α-hetero) is 2. The summed E-state index contributed by atoms with van der Waals surface area (Å²) in [6.07, 6.45) is 1.19. The second-order valence-electron chi connectivity index (χ2n) is 16.8. The first-order valence-corrected chi connectivity index (χ1v) is 19.9. The Kier molecular flexibility index (Phi) is 23.5. The number of nitrogens with one attached hydrogen (secondary N) is 7. The van der Waals surface area contributed by atoms with Gasteiger partial charge in [0.2, 0.25) is 41.1 Å². The lowest BCUT2D eigenvalue weighted by Crippen LogP contribution is -2.61. The molecule has 0 aromatic heterocycles. The molecule has 0 aromatic rings. The maximum atomic E-state index is 13.8. The van der Waals surface area contributed by atoms with Crippen LogP contribution in [0.5, 0.6) is 0 Å². The van der Waals surface area contributed by atoms with Gasteiger partial charge < -0.3 is 37.4 Å². The van der Waals surface area contributed by atoms with Crippen molar-refractivity contribution in [3.63, 3.8) is 0 Å². The van der Waals surface area contributed by atoms with Crippen LogP contribution < -0.4 is 43.2 Å². The largest absolute Gasteiger partial charge is 0.480 e. The van der Waals surface area contributed by atoms with Gasteiger partial charge in [-0.2, -0.15) is 0 Å². The molecule has 322 valence electrons. The van der Waals surface area contributed by atoms with Crippen molar-refractivity contribution < 1.29 is 43.5 Å². The lowest BCUT2D eigenvalue weighted by molar-refractivity contribution is -0.142. The molecule has 0 saturated heterocycles. The molecule has 10 N–H and O–H groups in total. The minimum atomic E-state index is -1.28. The molecular weight excluding hydrogens is 724 g/mol. The van der Waals surface area contributed by atoms with E-state index in [0.29, 0.717) is 12.8 Å². The average Bonchev–Trinajstić information content (AvgIpc) is 3.08. The maximum Gasteiger partial charge on any atom is 0.322 e. The fraction of sp³-hybridized carbons (Fsp3) is 0.795. The van der Waals surface area contributed by atoms with Crippen molar-refractivity contribution >= 4 is 47.1 Å². The van der Waals surface area contributed by atoms with E-state index in [9.17, 15) is 43.5 Å². The first kappa shape index (κ1) is 52.0. The Labute approximate surface area is 333 Å². The molecule has 0 spiro atoms. The minimum Gasteiger partial charge on any atom is -0.480 e.